The van der Waals surface area contributed by atoms with E-state index in [0.717, 1.165) is 45.4 Å². The van der Waals surface area contributed by atoms with E-state index in [9.17, 15) is 5.26 Å². The zero-order valence-corrected chi connectivity index (χ0v) is 13.3. The van der Waals surface area contributed by atoms with Gasteiger partial charge in [0.15, 0.2) is 0 Å². The van der Waals surface area contributed by atoms with Gasteiger partial charge in [0.25, 0.3) is 0 Å². The third-order valence-electron chi connectivity index (χ3n) is 3.61. The van der Waals surface area contributed by atoms with Crippen molar-refractivity contribution in [1.29, 1.82) is 5.26 Å². The van der Waals surface area contributed by atoms with Gasteiger partial charge >= 0.3 is 0 Å². The molecule has 0 aromatic heterocycles. The molecule has 0 rings (SSSR count). The van der Waals surface area contributed by atoms with Gasteiger partial charge in [0.05, 0.1) is 12.7 Å². The van der Waals surface area contributed by atoms with E-state index >= 15 is 0 Å². The molecule has 2 atom stereocenters. The maximum atomic E-state index is 9.24. The van der Waals surface area contributed by atoms with Crippen LogP contribution in [0.5, 0.6) is 0 Å². The number of nitriles is 1. The summed E-state index contributed by atoms with van der Waals surface area (Å²) in [5.41, 5.74) is -0.368. The van der Waals surface area contributed by atoms with Crippen molar-refractivity contribution < 1.29 is 4.74 Å². The minimum Gasteiger partial charge on any atom is -0.383 e. The lowest BCUT2D eigenvalue weighted by Gasteiger charge is -2.26. The summed E-state index contributed by atoms with van der Waals surface area (Å²) in [5.74, 6) is 0. The van der Waals surface area contributed by atoms with Crippen LogP contribution in [-0.2, 0) is 4.74 Å². The predicted molar refractivity (Wildman–Crippen MR) is 80.1 cm³/mol. The Hall–Kier alpha value is -0.630. The highest BCUT2D eigenvalue weighted by Crippen LogP contribution is 2.13. The molecule has 0 aromatic carbocycles. The van der Waals surface area contributed by atoms with Crippen LogP contribution in [-0.4, -0.2) is 50.3 Å². The molecule has 0 aliphatic carbocycles. The fraction of sp³-hybridized carbons (Fsp3) is 0.933. The molecule has 0 saturated carbocycles. The van der Waals surface area contributed by atoms with Crippen LogP contribution in [0.25, 0.3) is 0 Å². The van der Waals surface area contributed by atoms with E-state index in [2.05, 4.69) is 37.2 Å². The summed E-state index contributed by atoms with van der Waals surface area (Å²) in [7, 11) is 3.87. The van der Waals surface area contributed by atoms with Crippen molar-refractivity contribution in [2.75, 3.05) is 33.9 Å². The van der Waals surface area contributed by atoms with Crippen LogP contribution in [0, 0.1) is 11.3 Å². The van der Waals surface area contributed by atoms with E-state index in [0.29, 0.717) is 6.04 Å². The third-order valence-corrected chi connectivity index (χ3v) is 3.61. The third kappa shape index (κ3) is 8.20. The molecule has 112 valence electrons. The van der Waals surface area contributed by atoms with Crippen molar-refractivity contribution in [2.45, 2.75) is 58.0 Å². The molecule has 1 N–H and O–H groups in total. The Labute approximate surface area is 119 Å². The normalized spacial score (nSPS) is 16.1. The van der Waals surface area contributed by atoms with Crippen LogP contribution in [0.2, 0.25) is 0 Å². The Morgan fingerprint density at radius 1 is 1.42 bits per heavy atom. The van der Waals surface area contributed by atoms with Crippen LogP contribution in [0.15, 0.2) is 0 Å². The first-order valence-corrected chi connectivity index (χ1v) is 7.34. The minimum atomic E-state index is -0.368. The van der Waals surface area contributed by atoms with Gasteiger partial charge in [-0.05, 0) is 59.7 Å². The molecule has 0 saturated heterocycles. The molecule has 0 amide bonds. The molecule has 0 bridgehead atoms. The number of hydrogen-bond acceptors (Lipinski definition) is 4. The lowest BCUT2D eigenvalue weighted by Crippen LogP contribution is -2.41. The summed E-state index contributed by atoms with van der Waals surface area (Å²) in [5, 5.41) is 12.6. The Morgan fingerprint density at radius 3 is 2.63 bits per heavy atom. The molecule has 4 heteroatoms. The van der Waals surface area contributed by atoms with E-state index < -0.39 is 0 Å². The van der Waals surface area contributed by atoms with Gasteiger partial charge < -0.3 is 9.64 Å². The monoisotopic (exact) mass is 269 g/mol. The molecule has 0 spiro atoms. The van der Waals surface area contributed by atoms with Gasteiger partial charge in [0.2, 0.25) is 0 Å². The molecular formula is C15H31N3O. The number of likely N-dealkylation sites (N-methyl/N-ethyl adjacent to an activating group) is 1. The lowest BCUT2D eigenvalue weighted by molar-refractivity contribution is 0.114. The molecular weight excluding hydrogens is 238 g/mol. The Bertz CT molecular complexity index is 265. The Balaban J connectivity index is 3.86. The van der Waals surface area contributed by atoms with Crippen LogP contribution >= 0.6 is 0 Å². The highest BCUT2D eigenvalue weighted by Gasteiger charge is 2.21. The molecule has 0 radical (unpaired) electrons. The number of hydrogen-bond donors (Lipinski definition) is 1. The Morgan fingerprint density at radius 2 is 2.11 bits per heavy atom. The average Bonchev–Trinajstić information content (AvgIpc) is 2.41. The molecule has 4 nitrogen and oxygen atoms in total. The summed E-state index contributed by atoms with van der Waals surface area (Å²) in [6, 6.07) is 2.85. The van der Waals surface area contributed by atoms with Crippen LogP contribution in [0.4, 0.5) is 0 Å². The second-order valence-corrected chi connectivity index (χ2v) is 5.61. The molecule has 0 aromatic rings. The maximum absolute atomic E-state index is 9.24. The van der Waals surface area contributed by atoms with Gasteiger partial charge in [0, 0.05) is 13.2 Å². The van der Waals surface area contributed by atoms with Gasteiger partial charge in [-0.25, -0.2) is 0 Å². The van der Waals surface area contributed by atoms with E-state index in [1.54, 1.807) is 7.11 Å². The summed E-state index contributed by atoms with van der Waals surface area (Å²) in [6.07, 6.45) is 4.17. The first-order valence-electron chi connectivity index (χ1n) is 7.34. The van der Waals surface area contributed by atoms with Crippen LogP contribution < -0.4 is 5.32 Å². The van der Waals surface area contributed by atoms with Crippen molar-refractivity contribution in [2.24, 2.45) is 0 Å². The first kappa shape index (κ1) is 18.4. The summed E-state index contributed by atoms with van der Waals surface area (Å²) >= 11 is 0. The van der Waals surface area contributed by atoms with Crippen molar-refractivity contribution >= 4 is 0 Å². The highest BCUT2D eigenvalue weighted by molar-refractivity contribution is 5.03. The molecule has 0 aliphatic rings. The van der Waals surface area contributed by atoms with Crippen molar-refractivity contribution in [3.05, 3.63) is 0 Å². The predicted octanol–water partition coefficient (Wildman–Crippen LogP) is 2.41. The summed E-state index contributed by atoms with van der Waals surface area (Å²) in [4.78, 5) is 2.31. The number of unbranched alkanes of at least 4 members (excludes halogenated alkanes) is 1. The number of nitrogens with zero attached hydrogens (tertiary/aromatic N) is 2. The average molecular weight is 269 g/mol. The van der Waals surface area contributed by atoms with Crippen LogP contribution in [0.1, 0.15) is 46.5 Å². The molecule has 0 aliphatic heterocycles. The zero-order valence-electron chi connectivity index (χ0n) is 13.3. The standard InChI is InChI=1S/C15H31N3O/c1-6-10-17-15(3,13-16)9-7-8-11-18(4)14(2)12-19-5/h14,17H,6-12H2,1-5H3. The minimum absolute atomic E-state index is 0.368. The lowest BCUT2D eigenvalue weighted by atomic mass is 9.96. The topological polar surface area (TPSA) is 48.3 Å². The maximum Gasteiger partial charge on any atom is 0.103 e. The SMILES string of the molecule is CCCNC(C)(C#N)CCCCN(C)C(C)COC. The molecule has 0 heterocycles. The largest absolute Gasteiger partial charge is 0.383 e. The first-order chi connectivity index (χ1) is 8.99. The fourth-order valence-electron chi connectivity index (χ4n) is 2.01. The van der Waals surface area contributed by atoms with Crippen molar-refractivity contribution in [3.63, 3.8) is 0 Å². The van der Waals surface area contributed by atoms with Crippen molar-refractivity contribution in [3.8, 4) is 6.07 Å². The van der Waals surface area contributed by atoms with Gasteiger partial charge in [-0.15, -0.1) is 0 Å². The number of nitrogens with one attached hydrogen (secondary N) is 1. The van der Waals surface area contributed by atoms with Crippen molar-refractivity contribution in [1.82, 2.24) is 10.2 Å². The number of methoxy groups -OCH3 is 1. The number of rotatable bonds is 11. The van der Waals surface area contributed by atoms with Gasteiger partial charge in [-0.2, -0.15) is 5.26 Å². The zero-order chi connectivity index (χ0) is 14.7. The second-order valence-electron chi connectivity index (χ2n) is 5.61. The highest BCUT2D eigenvalue weighted by atomic mass is 16.5. The summed E-state index contributed by atoms with van der Waals surface area (Å²) < 4.78 is 5.15. The molecule has 0 fully saturated rings. The Kier molecular flexibility index (Phi) is 9.85. The molecule has 19 heavy (non-hydrogen) atoms. The fourth-order valence-corrected chi connectivity index (χ4v) is 2.01. The quantitative estimate of drug-likeness (QED) is 0.585. The van der Waals surface area contributed by atoms with Gasteiger partial charge in [0.1, 0.15) is 5.54 Å². The smallest absolute Gasteiger partial charge is 0.103 e. The van der Waals surface area contributed by atoms with Gasteiger partial charge in [-0.1, -0.05) is 6.92 Å². The van der Waals surface area contributed by atoms with E-state index in [1.165, 1.54) is 0 Å². The van der Waals surface area contributed by atoms with E-state index in [4.69, 9.17) is 4.74 Å². The summed E-state index contributed by atoms with van der Waals surface area (Å²) in [6.45, 7) is 9.03. The second kappa shape index (κ2) is 10.2. The van der Waals surface area contributed by atoms with Crippen LogP contribution in [0.3, 0.4) is 0 Å². The number of ether oxygens (including phenoxy) is 1. The van der Waals surface area contributed by atoms with E-state index in [1.807, 2.05) is 6.92 Å². The van der Waals surface area contributed by atoms with E-state index in [-0.39, 0.29) is 5.54 Å². The molecule has 2 unspecified atom stereocenters. The van der Waals surface area contributed by atoms with Gasteiger partial charge in [-0.3, -0.25) is 5.32 Å².